The van der Waals surface area contributed by atoms with Crippen LogP contribution in [0.3, 0.4) is 0 Å². The molecule has 0 aliphatic rings. The van der Waals surface area contributed by atoms with Crippen LogP contribution in [0.1, 0.15) is 5.56 Å². The number of benzene rings is 1. The minimum atomic E-state index is -4.70. The number of aromatic nitrogens is 2. The number of halogens is 3. The van der Waals surface area contributed by atoms with Gasteiger partial charge in [-0.05, 0) is 12.1 Å². The second-order valence-electron chi connectivity index (χ2n) is 3.79. The molecule has 7 nitrogen and oxygen atoms in total. The van der Waals surface area contributed by atoms with E-state index in [-0.39, 0.29) is 11.7 Å². The number of nitrogens with two attached hydrogens (primary N) is 1. The van der Waals surface area contributed by atoms with Gasteiger partial charge in [0.15, 0.2) is 5.82 Å². The maximum absolute atomic E-state index is 12.5. The number of nitro groups is 1. The van der Waals surface area contributed by atoms with Gasteiger partial charge >= 0.3 is 11.9 Å². The Morgan fingerprint density at radius 2 is 1.90 bits per heavy atom. The van der Waals surface area contributed by atoms with Crippen molar-refractivity contribution in [3.63, 3.8) is 0 Å². The molecule has 0 bridgehead atoms. The largest absolute Gasteiger partial charge is 0.429 e. The lowest BCUT2D eigenvalue weighted by Gasteiger charge is -2.09. The lowest BCUT2D eigenvalue weighted by atomic mass is 10.2. The van der Waals surface area contributed by atoms with Crippen molar-refractivity contribution in [3.05, 3.63) is 46.3 Å². The second kappa shape index (κ2) is 5.23. The molecule has 0 saturated carbocycles. The molecule has 2 N–H and O–H groups in total. The van der Waals surface area contributed by atoms with Crippen LogP contribution in [0.4, 0.5) is 24.7 Å². The fourth-order valence-electron chi connectivity index (χ4n) is 1.44. The van der Waals surface area contributed by atoms with Crippen LogP contribution < -0.4 is 10.5 Å². The minimum Gasteiger partial charge on any atom is -0.429 e. The lowest BCUT2D eigenvalue weighted by Crippen LogP contribution is -2.06. The topological polar surface area (TPSA) is 104 Å². The van der Waals surface area contributed by atoms with Crippen molar-refractivity contribution in [2.75, 3.05) is 5.73 Å². The highest BCUT2D eigenvalue weighted by Crippen LogP contribution is 2.37. The van der Waals surface area contributed by atoms with Gasteiger partial charge in [-0.2, -0.15) is 13.2 Å². The highest BCUT2D eigenvalue weighted by Gasteiger charge is 2.33. The molecule has 0 amide bonds. The molecule has 0 unspecified atom stereocenters. The highest BCUT2D eigenvalue weighted by molar-refractivity contribution is 5.52. The Morgan fingerprint density at radius 1 is 1.24 bits per heavy atom. The summed E-state index contributed by atoms with van der Waals surface area (Å²) in [5, 5.41) is 10.9. The molecule has 1 heterocycles. The predicted molar refractivity (Wildman–Crippen MR) is 64.6 cm³/mol. The molecular formula is C11H7F3N4O3. The molecular weight excluding hydrogens is 293 g/mol. The van der Waals surface area contributed by atoms with Gasteiger partial charge in [0.1, 0.15) is 0 Å². The van der Waals surface area contributed by atoms with E-state index < -0.39 is 28.1 Å². The van der Waals surface area contributed by atoms with E-state index in [1.165, 1.54) is 12.4 Å². The van der Waals surface area contributed by atoms with Gasteiger partial charge in [-0.3, -0.25) is 10.1 Å². The fourth-order valence-corrected chi connectivity index (χ4v) is 1.44. The van der Waals surface area contributed by atoms with Gasteiger partial charge in [0.2, 0.25) is 5.75 Å². The fraction of sp³-hybridized carbons (Fsp3) is 0.0909. The number of nitrogen functional groups attached to an aromatic ring is 1. The van der Waals surface area contributed by atoms with E-state index in [1.807, 2.05) is 0 Å². The van der Waals surface area contributed by atoms with E-state index in [2.05, 4.69) is 9.97 Å². The number of nitrogens with zero attached hydrogens (tertiary/aromatic N) is 3. The van der Waals surface area contributed by atoms with E-state index in [0.29, 0.717) is 12.1 Å². The number of hydrogen-bond acceptors (Lipinski definition) is 6. The average Bonchev–Trinajstić information content (AvgIpc) is 2.40. The highest BCUT2D eigenvalue weighted by atomic mass is 19.4. The monoisotopic (exact) mass is 300 g/mol. The van der Waals surface area contributed by atoms with E-state index in [0.717, 1.165) is 6.07 Å². The van der Waals surface area contributed by atoms with Gasteiger partial charge in [0, 0.05) is 18.5 Å². The molecule has 0 fully saturated rings. The maximum atomic E-state index is 12.5. The molecule has 110 valence electrons. The van der Waals surface area contributed by atoms with Gasteiger partial charge in [0.05, 0.1) is 10.5 Å². The number of nitro benzene ring substituents is 1. The van der Waals surface area contributed by atoms with E-state index >= 15 is 0 Å². The quantitative estimate of drug-likeness (QED) is 0.690. The Balaban J connectivity index is 2.45. The summed E-state index contributed by atoms with van der Waals surface area (Å²) in [7, 11) is 0. The summed E-state index contributed by atoms with van der Waals surface area (Å²) in [6, 6.07) is 1.87. The standard InChI is InChI=1S/C11H7F3N4O3/c12-11(13,14)6-1-2-8(7(5-6)18(19)20)21-10-9(15)16-3-4-17-10/h1-5H,(H2,15,16). The van der Waals surface area contributed by atoms with Crippen LogP contribution in [-0.2, 0) is 6.18 Å². The van der Waals surface area contributed by atoms with Crippen LogP contribution in [0, 0.1) is 10.1 Å². The maximum Gasteiger partial charge on any atom is 0.416 e. The molecule has 0 radical (unpaired) electrons. The van der Waals surface area contributed by atoms with Crippen LogP contribution in [0.15, 0.2) is 30.6 Å². The van der Waals surface area contributed by atoms with Gasteiger partial charge in [-0.1, -0.05) is 0 Å². The molecule has 1 aromatic heterocycles. The van der Waals surface area contributed by atoms with Gasteiger partial charge in [-0.25, -0.2) is 9.97 Å². The predicted octanol–water partition coefficient (Wildman–Crippen LogP) is 2.78. The smallest absolute Gasteiger partial charge is 0.416 e. The second-order valence-corrected chi connectivity index (χ2v) is 3.79. The van der Waals surface area contributed by atoms with Crippen LogP contribution in [0.5, 0.6) is 11.6 Å². The van der Waals surface area contributed by atoms with Crippen molar-refractivity contribution in [3.8, 4) is 11.6 Å². The summed E-state index contributed by atoms with van der Waals surface area (Å²) < 4.78 is 42.7. The zero-order valence-electron chi connectivity index (χ0n) is 10.2. The first-order valence-electron chi connectivity index (χ1n) is 5.39. The minimum absolute atomic E-state index is 0.147. The third kappa shape index (κ3) is 3.16. The Labute approximate surface area is 115 Å². The Hall–Kier alpha value is -2.91. The molecule has 2 aromatic rings. The van der Waals surface area contributed by atoms with Crippen molar-refractivity contribution in [2.24, 2.45) is 0 Å². The normalized spacial score (nSPS) is 11.2. The summed E-state index contributed by atoms with van der Waals surface area (Å²) in [4.78, 5) is 17.2. The zero-order chi connectivity index (χ0) is 15.6. The molecule has 0 saturated heterocycles. The molecule has 21 heavy (non-hydrogen) atoms. The third-order valence-corrected chi connectivity index (χ3v) is 2.38. The molecule has 0 spiro atoms. The van der Waals surface area contributed by atoms with Crippen molar-refractivity contribution in [2.45, 2.75) is 6.18 Å². The summed E-state index contributed by atoms with van der Waals surface area (Å²) in [6.45, 7) is 0. The van der Waals surface area contributed by atoms with E-state index in [1.54, 1.807) is 0 Å². The van der Waals surface area contributed by atoms with Crippen molar-refractivity contribution < 1.29 is 22.8 Å². The SMILES string of the molecule is Nc1nccnc1Oc1ccc(C(F)(F)F)cc1[N+](=O)[O-]. The molecule has 1 aromatic carbocycles. The van der Waals surface area contributed by atoms with E-state index in [9.17, 15) is 23.3 Å². The summed E-state index contributed by atoms with van der Waals surface area (Å²) in [5.41, 5.74) is 3.43. The molecule has 0 aliphatic heterocycles. The first kappa shape index (κ1) is 14.5. The number of hydrogen-bond donors (Lipinski definition) is 1. The van der Waals surface area contributed by atoms with Crippen molar-refractivity contribution in [1.29, 1.82) is 0 Å². The number of alkyl halides is 3. The molecule has 10 heteroatoms. The lowest BCUT2D eigenvalue weighted by molar-refractivity contribution is -0.385. The van der Waals surface area contributed by atoms with Crippen molar-refractivity contribution >= 4 is 11.5 Å². The van der Waals surface area contributed by atoms with Gasteiger partial charge in [-0.15, -0.1) is 0 Å². The van der Waals surface area contributed by atoms with E-state index in [4.69, 9.17) is 10.5 Å². The summed E-state index contributed by atoms with van der Waals surface area (Å²) in [6.07, 6.45) is -2.21. The first-order chi connectivity index (χ1) is 9.79. The average molecular weight is 300 g/mol. The Morgan fingerprint density at radius 3 is 2.48 bits per heavy atom. The zero-order valence-corrected chi connectivity index (χ0v) is 10.2. The summed E-state index contributed by atoms with van der Waals surface area (Å²) in [5.74, 6) is -0.799. The molecule has 0 aliphatic carbocycles. The van der Waals surface area contributed by atoms with Crippen LogP contribution in [-0.4, -0.2) is 14.9 Å². The van der Waals surface area contributed by atoms with Gasteiger partial charge in [0.25, 0.3) is 5.88 Å². The molecule has 0 atom stereocenters. The number of ether oxygens (including phenoxy) is 1. The van der Waals surface area contributed by atoms with Gasteiger partial charge < -0.3 is 10.5 Å². The number of anilines is 1. The van der Waals surface area contributed by atoms with Crippen LogP contribution in [0.25, 0.3) is 0 Å². The van der Waals surface area contributed by atoms with Crippen molar-refractivity contribution in [1.82, 2.24) is 9.97 Å². The Bertz CT molecular complexity index is 691. The van der Waals surface area contributed by atoms with Crippen LogP contribution in [0.2, 0.25) is 0 Å². The summed E-state index contributed by atoms with van der Waals surface area (Å²) >= 11 is 0. The molecule has 2 rings (SSSR count). The van der Waals surface area contributed by atoms with Crippen LogP contribution >= 0.6 is 0 Å². The Kier molecular flexibility index (Phi) is 3.61. The first-order valence-corrected chi connectivity index (χ1v) is 5.39. The number of rotatable bonds is 3. The third-order valence-electron chi connectivity index (χ3n) is 2.38.